The summed E-state index contributed by atoms with van der Waals surface area (Å²) in [5.41, 5.74) is -0.503. The van der Waals surface area contributed by atoms with E-state index in [-0.39, 0.29) is 17.9 Å². The Balaban J connectivity index is 2.69. The molecule has 0 aromatic carbocycles. The summed E-state index contributed by atoms with van der Waals surface area (Å²) in [6, 6.07) is -0.0939. The monoisotopic (exact) mass is 239 g/mol. The number of likely N-dealkylation sites (tertiary alicyclic amines) is 1. The lowest BCUT2D eigenvalue weighted by atomic mass is 9.99. The highest BCUT2D eigenvalue weighted by molar-refractivity contribution is 5.82. The Labute approximate surface area is 103 Å². The number of carbonyl (C=O) groups excluding carboxylic acids is 2. The average molecular weight is 239 g/mol. The summed E-state index contributed by atoms with van der Waals surface area (Å²) in [5.74, 6) is 0.205. The van der Waals surface area contributed by atoms with Crippen molar-refractivity contribution in [3.63, 3.8) is 0 Å². The molecule has 0 spiro atoms. The minimum Gasteiger partial charge on any atom is -0.444 e. The van der Waals surface area contributed by atoms with E-state index < -0.39 is 5.60 Å². The van der Waals surface area contributed by atoms with Crippen LogP contribution in [0.2, 0.25) is 0 Å². The fraction of sp³-hybridized carbons (Fsp3) is 0.692. The second kappa shape index (κ2) is 5.34. The first-order chi connectivity index (χ1) is 7.83. The van der Waals surface area contributed by atoms with Gasteiger partial charge in [0.25, 0.3) is 0 Å². The Morgan fingerprint density at radius 2 is 2.24 bits per heavy atom. The van der Waals surface area contributed by atoms with Crippen molar-refractivity contribution in [3.05, 3.63) is 12.7 Å². The van der Waals surface area contributed by atoms with Gasteiger partial charge in [-0.05, 0) is 27.2 Å². The van der Waals surface area contributed by atoms with Crippen molar-refractivity contribution in [2.24, 2.45) is 0 Å². The first-order valence-corrected chi connectivity index (χ1v) is 5.95. The second-order valence-corrected chi connectivity index (χ2v) is 5.34. The van der Waals surface area contributed by atoms with Gasteiger partial charge in [-0.25, -0.2) is 4.79 Å². The molecule has 1 rings (SSSR count). The standard InChI is InChI=1S/C13H21NO3/c1-5-6-10-9-11(15)7-8-14(10)12(16)17-13(2,3)4/h5,10H,1,6-9H2,2-4H3. The van der Waals surface area contributed by atoms with Crippen molar-refractivity contribution in [2.75, 3.05) is 6.54 Å². The molecule has 1 aliphatic heterocycles. The zero-order chi connectivity index (χ0) is 13.1. The first kappa shape index (κ1) is 13.7. The molecule has 1 saturated heterocycles. The van der Waals surface area contributed by atoms with Crippen LogP contribution in [0.5, 0.6) is 0 Å². The lowest BCUT2D eigenvalue weighted by Crippen LogP contribution is -2.48. The molecule has 0 aliphatic carbocycles. The van der Waals surface area contributed by atoms with E-state index in [1.54, 1.807) is 11.0 Å². The first-order valence-electron chi connectivity index (χ1n) is 5.95. The molecule has 0 saturated carbocycles. The fourth-order valence-corrected chi connectivity index (χ4v) is 1.87. The van der Waals surface area contributed by atoms with Gasteiger partial charge < -0.3 is 9.64 Å². The Morgan fingerprint density at radius 3 is 2.76 bits per heavy atom. The van der Waals surface area contributed by atoms with E-state index >= 15 is 0 Å². The van der Waals surface area contributed by atoms with Crippen LogP contribution in [0.25, 0.3) is 0 Å². The number of piperidine rings is 1. The van der Waals surface area contributed by atoms with E-state index in [1.807, 2.05) is 20.8 Å². The largest absolute Gasteiger partial charge is 0.444 e. The summed E-state index contributed by atoms with van der Waals surface area (Å²) in [6.45, 7) is 9.62. The van der Waals surface area contributed by atoms with Gasteiger partial charge in [-0.3, -0.25) is 4.79 Å². The van der Waals surface area contributed by atoms with E-state index in [0.717, 1.165) is 0 Å². The van der Waals surface area contributed by atoms with Crippen LogP contribution in [0.3, 0.4) is 0 Å². The van der Waals surface area contributed by atoms with Crippen LogP contribution in [0, 0.1) is 0 Å². The minimum absolute atomic E-state index is 0.0939. The van der Waals surface area contributed by atoms with Crippen molar-refractivity contribution in [1.29, 1.82) is 0 Å². The Bertz CT molecular complexity index is 317. The number of rotatable bonds is 2. The van der Waals surface area contributed by atoms with Crippen LogP contribution in [0.4, 0.5) is 4.79 Å². The highest BCUT2D eigenvalue weighted by Crippen LogP contribution is 2.20. The average Bonchev–Trinajstić information content (AvgIpc) is 2.15. The van der Waals surface area contributed by atoms with Crippen molar-refractivity contribution < 1.29 is 14.3 Å². The van der Waals surface area contributed by atoms with Crippen molar-refractivity contribution in [2.45, 2.75) is 51.7 Å². The predicted molar refractivity (Wildman–Crippen MR) is 65.8 cm³/mol. The second-order valence-electron chi connectivity index (χ2n) is 5.34. The van der Waals surface area contributed by atoms with E-state index in [1.165, 1.54) is 0 Å². The summed E-state index contributed by atoms with van der Waals surface area (Å²) in [5, 5.41) is 0. The quantitative estimate of drug-likeness (QED) is 0.696. The third-order valence-corrected chi connectivity index (χ3v) is 2.60. The fourth-order valence-electron chi connectivity index (χ4n) is 1.87. The molecule has 0 bridgehead atoms. The smallest absolute Gasteiger partial charge is 0.410 e. The predicted octanol–water partition coefficient (Wildman–Crippen LogP) is 2.53. The molecule has 1 fully saturated rings. The molecule has 1 aliphatic rings. The number of Topliss-reactive ketones (excluding diaryl/α,β-unsaturated/α-hetero) is 1. The number of nitrogens with zero attached hydrogens (tertiary/aromatic N) is 1. The minimum atomic E-state index is -0.503. The molecule has 1 amide bonds. The van der Waals surface area contributed by atoms with Crippen LogP contribution >= 0.6 is 0 Å². The maximum absolute atomic E-state index is 12.0. The number of carbonyl (C=O) groups is 2. The van der Waals surface area contributed by atoms with Crippen LogP contribution in [-0.2, 0) is 9.53 Å². The van der Waals surface area contributed by atoms with Crippen LogP contribution in [0.1, 0.15) is 40.0 Å². The lowest BCUT2D eigenvalue weighted by molar-refractivity contribution is -0.122. The van der Waals surface area contributed by atoms with Gasteiger partial charge >= 0.3 is 6.09 Å². The molecule has 4 heteroatoms. The molecule has 4 nitrogen and oxygen atoms in total. The zero-order valence-electron chi connectivity index (χ0n) is 10.9. The Hall–Kier alpha value is -1.32. The number of hydrogen-bond acceptors (Lipinski definition) is 3. The number of ether oxygens (including phenoxy) is 1. The van der Waals surface area contributed by atoms with Gasteiger partial charge in [0.15, 0.2) is 0 Å². The van der Waals surface area contributed by atoms with Gasteiger partial charge in [0.1, 0.15) is 11.4 Å². The molecule has 0 radical (unpaired) electrons. The lowest BCUT2D eigenvalue weighted by Gasteiger charge is -2.35. The number of ketones is 1. The molecule has 96 valence electrons. The molecule has 0 aromatic heterocycles. The highest BCUT2D eigenvalue weighted by atomic mass is 16.6. The van der Waals surface area contributed by atoms with Crippen LogP contribution < -0.4 is 0 Å². The summed E-state index contributed by atoms with van der Waals surface area (Å²) >= 11 is 0. The third-order valence-electron chi connectivity index (χ3n) is 2.60. The van der Waals surface area contributed by atoms with Gasteiger partial charge in [0.05, 0.1) is 0 Å². The maximum atomic E-state index is 12.0. The SMILES string of the molecule is C=CCC1CC(=O)CCN1C(=O)OC(C)(C)C. The normalized spacial score (nSPS) is 21.2. The van der Waals surface area contributed by atoms with Crippen LogP contribution in [-0.4, -0.2) is 35.0 Å². The molecule has 17 heavy (non-hydrogen) atoms. The molecule has 1 unspecified atom stereocenters. The van der Waals surface area contributed by atoms with Gasteiger partial charge in [-0.2, -0.15) is 0 Å². The van der Waals surface area contributed by atoms with E-state index in [0.29, 0.717) is 25.8 Å². The van der Waals surface area contributed by atoms with Crippen molar-refractivity contribution in [3.8, 4) is 0 Å². The topological polar surface area (TPSA) is 46.6 Å². The number of hydrogen-bond donors (Lipinski definition) is 0. The van der Waals surface area contributed by atoms with Gasteiger partial charge in [-0.15, -0.1) is 6.58 Å². The van der Waals surface area contributed by atoms with Gasteiger partial charge in [0.2, 0.25) is 0 Å². The summed E-state index contributed by atoms with van der Waals surface area (Å²) in [6.07, 6.45) is 2.86. The summed E-state index contributed by atoms with van der Waals surface area (Å²) < 4.78 is 5.33. The van der Waals surface area contributed by atoms with E-state index in [2.05, 4.69) is 6.58 Å². The van der Waals surface area contributed by atoms with Gasteiger partial charge in [0, 0.05) is 25.4 Å². The molecule has 1 heterocycles. The maximum Gasteiger partial charge on any atom is 0.410 e. The van der Waals surface area contributed by atoms with E-state index in [9.17, 15) is 9.59 Å². The zero-order valence-corrected chi connectivity index (χ0v) is 10.9. The van der Waals surface area contributed by atoms with Crippen LogP contribution in [0.15, 0.2) is 12.7 Å². The molecule has 0 aromatic rings. The molecular weight excluding hydrogens is 218 g/mol. The molecule has 0 N–H and O–H groups in total. The highest BCUT2D eigenvalue weighted by Gasteiger charge is 2.32. The Kier molecular flexibility index (Phi) is 4.32. The molecule has 1 atom stereocenters. The summed E-state index contributed by atoms with van der Waals surface area (Å²) in [7, 11) is 0. The van der Waals surface area contributed by atoms with Crippen molar-refractivity contribution in [1.82, 2.24) is 4.90 Å². The summed E-state index contributed by atoms with van der Waals surface area (Å²) in [4.78, 5) is 25.0. The Morgan fingerprint density at radius 1 is 1.59 bits per heavy atom. The van der Waals surface area contributed by atoms with E-state index in [4.69, 9.17) is 4.74 Å². The molecular formula is C13H21NO3. The number of amides is 1. The van der Waals surface area contributed by atoms with Gasteiger partial charge in [-0.1, -0.05) is 6.08 Å². The van der Waals surface area contributed by atoms with Crippen molar-refractivity contribution >= 4 is 11.9 Å². The third kappa shape index (κ3) is 4.21.